The van der Waals surface area contributed by atoms with Gasteiger partial charge in [0.05, 0.1) is 16.8 Å². The molecule has 3 N–H and O–H groups in total. The zero-order valence-corrected chi connectivity index (χ0v) is 11.7. The van der Waals surface area contributed by atoms with Crippen LogP contribution in [0.15, 0.2) is 0 Å². The highest BCUT2D eigenvalue weighted by atomic mass is 32.2. The minimum atomic E-state index is -3.57. The van der Waals surface area contributed by atoms with Gasteiger partial charge in [-0.3, -0.25) is 0 Å². The van der Waals surface area contributed by atoms with E-state index < -0.39 is 25.1 Å². The normalized spacial score (nSPS) is 26.2. The van der Waals surface area contributed by atoms with Crippen molar-refractivity contribution in [2.75, 3.05) is 18.1 Å². The lowest BCUT2D eigenvalue weighted by Crippen LogP contribution is -2.44. The van der Waals surface area contributed by atoms with E-state index in [4.69, 9.17) is 5.73 Å². The van der Waals surface area contributed by atoms with Gasteiger partial charge in [0.1, 0.15) is 0 Å². The zero-order valence-electron chi connectivity index (χ0n) is 10.1. The van der Waals surface area contributed by atoms with Crippen LogP contribution in [-0.4, -0.2) is 46.2 Å². The van der Waals surface area contributed by atoms with Crippen LogP contribution in [0.1, 0.15) is 20.3 Å². The van der Waals surface area contributed by atoms with Crippen molar-refractivity contribution in [3.05, 3.63) is 0 Å². The Balaban J connectivity index is 2.59. The van der Waals surface area contributed by atoms with Crippen molar-refractivity contribution >= 4 is 19.9 Å². The molecule has 2 atom stereocenters. The number of rotatable bonds is 5. The molecule has 0 bridgehead atoms. The molecule has 0 aromatic carbocycles. The lowest BCUT2D eigenvalue weighted by atomic mass is 10.1. The largest absolute Gasteiger partial charge is 0.326 e. The third kappa shape index (κ3) is 4.20. The van der Waals surface area contributed by atoms with Crippen LogP contribution in [0, 0.1) is 5.92 Å². The SMILES string of the molecule is CC(C)C(N)CNS(=O)(=O)C1CCS(=O)(=O)C1. The van der Waals surface area contributed by atoms with Crippen molar-refractivity contribution < 1.29 is 16.8 Å². The topological polar surface area (TPSA) is 106 Å². The van der Waals surface area contributed by atoms with Gasteiger partial charge >= 0.3 is 0 Å². The fourth-order valence-electron chi connectivity index (χ4n) is 1.57. The van der Waals surface area contributed by atoms with E-state index in [0.29, 0.717) is 0 Å². The summed E-state index contributed by atoms with van der Waals surface area (Å²) in [5.74, 6) is -0.154. The van der Waals surface area contributed by atoms with Crippen molar-refractivity contribution in [1.82, 2.24) is 4.72 Å². The number of hydrogen-bond donors (Lipinski definition) is 2. The van der Waals surface area contributed by atoms with Gasteiger partial charge in [0, 0.05) is 12.6 Å². The van der Waals surface area contributed by atoms with Crippen molar-refractivity contribution in [1.29, 1.82) is 0 Å². The molecule has 0 spiro atoms. The second kappa shape index (κ2) is 5.21. The van der Waals surface area contributed by atoms with Crippen LogP contribution in [0.4, 0.5) is 0 Å². The Kier molecular flexibility index (Phi) is 4.56. The molecule has 1 saturated heterocycles. The van der Waals surface area contributed by atoms with E-state index >= 15 is 0 Å². The van der Waals surface area contributed by atoms with Gasteiger partial charge < -0.3 is 5.73 Å². The first-order chi connectivity index (χ1) is 7.64. The second-order valence-corrected chi connectivity index (χ2v) is 9.10. The molecule has 1 rings (SSSR count). The molecule has 6 nitrogen and oxygen atoms in total. The van der Waals surface area contributed by atoms with Gasteiger partial charge in [0.15, 0.2) is 9.84 Å². The van der Waals surface area contributed by atoms with E-state index in [1.807, 2.05) is 13.8 Å². The molecule has 1 aliphatic rings. The molecule has 1 aliphatic heterocycles. The summed E-state index contributed by atoms with van der Waals surface area (Å²) in [7, 11) is -6.75. The summed E-state index contributed by atoms with van der Waals surface area (Å²) >= 11 is 0. The zero-order chi connectivity index (χ0) is 13.3. The van der Waals surface area contributed by atoms with Gasteiger partial charge in [-0.15, -0.1) is 0 Å². The Morgan fingerprint density at radius 1 is 1.41 bits per heavy atom. The molecule has 1 fully saturated rings. The van der Waals surface area contributed by atoms with Gasteiger partial charge in [-0.1, -0.05) is 13.8 Å². The molecule has 1 heterocycles. The van der Waals surface area contributed by atoms with Crippen molar-refractivity contribution in [2.24, 2.45) is 11.7 Å². The van der Waals surface area contributed by atoms with Gasteiger partial charge in [-0.2, -0.15) is 0 Å². The average Bonchev–Trinajstić information content (AvgIpc) is 2.56. The third-order valence-corrected chi connectivity index (χ3v) is 6.83. The summed E-state index contributed by atoms with van der Waals surface area (Å²) in [6.45, 7) is 3.95. The van der Waals surface area contributed by atoms with E-state index in [1.54, 1.807) is 0 Å². The van der Waals surface area contributed by atoms with Gasteiger partial charge in [-0.25, -0.2) is 21.6 Å². The molecular formula is C9H20N2O4S2. The summed E-state index contributed by atoms with van der Waals surface area (Å²) < 4.78 is 48.5. The highest BCUT2D eigenvalue weighted by Gasteiger charge is 2.37. The van der Waals surface area contributed by atoms with Gasteiger partial charge in [-0.05, 0) is 12.3 Å². The predicted molar refractivity (Wildman–Crippen MR) is 66.8 cm³/mol. The molecule has 0 aromatic rings. The Morgan fingerprint density at radius 3 is 2.41 bits per heavy atom. The standard InChI is InChI=1S/C9H20N2O4S2/c1-7(2)9(10)5-11-17(14,15)8-3-4-16(12,13)6-8/h7-9,11H,3-6,10H2,1-2H3. The Bertz CT molecular complexity index is 455. The average molecular weight is 284 g/mol. The summed E-state index contributed by atoms with van der Waals surface area (Å²) in [6.07, 6.45) is 0.175. The monoisotopic (exact) mass is 284 g/mol. The van der Waals surface area contributed by atoms with Crippen molar-refractivity contribution in [3.63, 3.8) is 0 Å². The van der Waals surface area contributed by atoms with Crippen LogP contribution in [0.5, 0.6) is 0 Å². The smallest absolute Gasteiger partial charge is 0.215 e. The Morgan fingerprint density at radius 2 is 2.00 bits per heavy atom. The Labute approximate surface area is 103 Å². The maximum Gasteiger partial charge on any atom is 0.215 e. The lowest BCUT2D eigenvalue weighted by Gasteiger charge is -2.18. The second-order valence-electron chi connectivity index (χ2n) is 4.83. The van der Waals surface area contributed by atoms with Crippen molar-refractivity contribution in [2.45, 2.75) is 31.6 Å². The van der Waals surface area contributed by atoms with Crippen molar-refractivity contribution in [3.8, 4) is 0 Å². The minimum absolute atomic E-state index is 0.0468. The predicted octanol–water partition coefficient (Wildman–Crippen LogP) is -0.924. The molecule has 102 valence electrons. The highest BCUT2D eigenvalue weighted by Crippen LogP contribution is 2.18. The fourth-order valence-corrected chi connectivity index (χ4v) is 5.69. The number of nitrogens with one attached hydrogen (secondary N) is 1. The summed E-state index contributed by atoms with van der Waals surface area (Å²) in [5, 5.41) is -0.827. The first kappa shape index (κ1) is 14.9. The van der Waals surface area contributed by atoms with Gasteiger partial charge in [0.25, 0.3) is 0 Å². The van der Waals surface area contributed by atoms with Crippen LogP contribution < -0.4 is 10.5 Å². The molecule has 17 heavy (non-hydrogen) atoms. The fraction of sp³-hybridized carbons (Fsp3) is 1.00. The first-order valence-electron chi connectivity index (χ1n) is 5.58. The van der Waals surface area contributed by atoms with E-state index in [1.165, 1.54) is 0 Å². The van der Waals surface area contributed by atoms with E-state index in [9.17, 15) is 16.8 Å². The third-order valence-electron chi connectivity index (χ3n) is 3.01. The quantitative estimate of drug-likeness (QED) is 0.679. The minimum Gasteiger partial charge on any atom is -0.326 e. The lowest BCUT2D eigenvalue weighted by molar-refractivity contribution is 0.479. The van der Waals surface area contributed by atoms with Gasteiger partial charge in [0.2, 0.25) is 10.0 Å². The van der Waals surface area contributed by atoms with Crippen LogP contribution in [0.2, 0.25) is 0 Å². The van der Waals surface area contributed by atoms with E-state index in [-0.39, 0.29) is 36.4 Å². The van der Waals surface area contributed by atoms with Crippen LogP contribution in [0.25, 0.3) is 0 Å². The molecular weight excluding hydrogens is 264 g/mol. The molecule has 0 amide bonds. The molecule has 8 heteroatoms. The number of sulfonamides is 1. The van der Waals surface area contributed by atoms with Crippen LogP contribution in [0.3, 0.4) is 0 Å². The molecule has 0 radical (unpaired) electrons. The molecule has 2 unspecified atom stereocenters. The summed E-state index contributed by atoms with van der Waals surface area (Å²) in [5.41, 5.74) is 5.73. The molecule has 0 aliphatic carbocycles. The van der Waals surface area contributed by atoms with Crippen LogP contribution in [-0.2, 0) is 19.9 Å². The number of sulfone groups is 1. The maximum absolute atomic E-state index is 11.8. The van der Waals surface area contributed by atoms with E-state index in [0.717, 1.165) is 0 Å². The van der Waals surface area contributed by atoms with Crippen LogP contribution >= 0.6 is 0 Å². The Hall–Kier alpha value is -0.180. The van der Waals surface area contributed by atoms with E-state index in [2.05, 4.69) is 4.72 Å². The molecule has 0 aromatic heterocycles. The number of nitrogens with two attached hydrogens (primary N) is 1. The summed E-state index contributed by atoms with van der Waals surface area (Å²) in [6, 6.07) is -0.261. The highest BCUT2D eigenvalue weighted by molar-refractivity contribution is 7.95. The summed E-state index contributed by atoms with van der Waals surface area (Å²) in [4.78, 5) is 0. The number of hydrogen-bond acceptors (Lipinski definition) is 5. The molecule has 0 saturated carbocycles. The first-order valence-corrected chi connectivity index (χ1v) is 8.95. The maximum atomic E-state index is 11.8.